The summed E-state index contributed by atoms with van der Waals surface area (Å²) in [6, 6.07) is 18.7. The number of benzene rings is 2. The van der Waals surface area contributed by atoms with Gasteiger partial charge in [0.15, 0.2) is 5.78 Å². The van der Waals surface area contributed by atoms with E-state index in [0.29, 0.717) is 10.6 Å². The van der Waals surface area contributed by atoms with Crippen LogP contribution in [0, 0.1) is 11.8 Å². The number of hydrogen-bond donors (Lipinski definition) is 1. The van der Waals surface area contributed by atoms with Crippen LogP contribution in [0.4, 0.5) is 0 Å². The Bertz CT molecular complexity index is 1220. The first-order valence-electron chi connectivity index (χ1n) is 12.0. The van der Waals surface area contributed by atoms with Gasteiger partial charge in [-0.25, -0.2) is 0 Å². The highest BCUT2D eigenvalue weighted by Gasteiger charge is 2.57. The molecular formula is C28H27ClN2O3S. The van der Waals surface area contributed by atoms with E-state index in [-0.39, 0.29) is 17.6 Å². The van der Waals surface area contributed by atoms with Crippen LogP contribution in [-0.4, -0.2) is 28.5 Å². The van der Waals surface area contributed by atoms with Crippen LogP contribution in [0.1, 0.15) is 58.4 Å². The van der Waals surface area contributed by atoms with Crippen molar-refractivity contribution in [3.8, 4) is 0 Å². The Labute approximate surface area is 213 Å². The summed E-state index contributed by atoms with van der Waals surface area (Å²) in [6.45, 7) is 0. The molecule has 2 N–H and O–H groups in total. The van der Waals surface area contributed by atoms with Crippen molar-refractivity contribution in [3.05, 3.63) is 93.1 Å². The Balaban J connectivity index is 1.72. The van der Waals surface area contributed by atoms with Gasteiger partial charge in [-0.3, -0.25) is 14.4 Å². The van der Waals surface area contributed by atoms with Gasteiger partial charge >= 0.3 is 0 Å². The monoisotopic (exact) mass is 506 g/mol. The van der Waals surface area contributed by atoms with Crippen LogP contribution in [0.15, 0.2) is 72.1 Å². The number of rotatable bonds is 6. The fraction of sp³-hybridized carbons (Fsp3) is 0.321. The Morgan fingerprint density at radius 1 is 0.943 bits per heavy atom. The van der Waals surface area contributed by atoms with Crippen LogP contribution in [0.3, 0.4) is 0 Å². The van der Waals surface area contributed by atoms with E-state index in [1.807, 2.05) is 47.8 Å². The minimum Gasteiger partial charge on any atom is -0.368 e. The summed E-state index contributed by atoms with van der Waals surface area (Å²) in [5, 5.41) is 2.39. The number of hydrogen-bond acceptors (Lipinski definition) is 4. The fourth-order valence-corrected chi connectivity index (χ4v) is 6.95. The largest absolute Gasteiger partial charge is 0.368 e. The summed E-state index contributed by atoms with van der Waals surface area (Å²) in [5.74, 6) is -2.20. The molecule has 2 aliphatic rings. The first-order valence-corrected chi connectivity index (χ1v) is 13.2. The molecule has 1 aliphatic carbocycles. The van der Waals surface area contributed by atoms with Gasteiger partial charge in [0.2, 0.25) is 11.8 Å². The molecule has 1 aromatic heterocycles. The van der Waals surface area contributed by atoms with Gasteiger partial charge in [-0.2, -0.15) is 0 Å². The van der Waals surface area contributed by atoms with Crippen molar-refractivity contribution < 1.29 is 14.4 Å². The number of carbonyl (C=O) groups is 3. The SMILES string of the molecule is NC(=O)C1C(c2cccs2)C(C(=O)c2cccc(Cl)c2)C(c2ccccc2)N1C(=O)C1CCCC1. The molecule has 4 atom stereocenters. The lowest BCUT2D eigenvalue weighted by Crippen LogP contribution is -2.48. The van der Waals surface area contributed by atoms with Crippen molar-refractivity contribution >= 4 is 40.5 Å². The molecule has 2 amide bonds. The zero-order valence-electron chi connectivity index (χ0n) is 19.2. The van der Waals surface area contributed by atoms with E-state index >= 15 is 0 Å². The second-order valence-electron chi connectivity index (χ2n) is 9.37. The maximum Gasteiger partial charge on any atom is 0.240 e. The van der Waals surface area contributed by atoms with Gasteiger partial charge < -0.3 is 10.6 Å². The number of nitrogens with two attached hydrogens (primary N) is 1. The molecule has 1 aliphatic heterocycles. The third kappa shape index (κ3) is 4.41. The summed E-state index contributed by atoms with van der Waals surface area (Å²) in [7, 11) is 0. The maximum atomic E-state index is 14.2. The summed E-state index contributed by atoms with van der Waals surface area (Å²) in [4.78, 5) is 43.8. The summed E-state index contributed by atoms with van der Waals surface area (Å²) in [5.41, 5.74) is 7.31. The number of nitrogens with zero attached hydrogens (tertiary/aromatic N) is 1. The molecule has 0 spiro atoms. The minimum absolute atomic E-state index is 0.0805. The lowest BCUT2D eigenvalue weighted by molar-refractivity contribution is -0.143. The van der Waals surface area contributed by atoms with Gasteiger partial charge in [-0.05, 0) is 42.0 Å². The van der Waals surface area contributed by atoms with E-state index < -0.39 is 29.8 Å². The van der Waals surface area contributed by atoms with Crippen molar-refractivity contribution in [3.63, 3.8) is 0 Å². The third-order valence-electron chi connectivity index (χ3n) is 7.34. The van der Waals surface area contributed by atoms with E-state index in [9.17, 15) is 14.4 Å². The van der Waals surface area contributed by atoms with Crippen LogP contribution >= 0.6 is 22.9 Å². The first kappa shape index (κ1) is 23.8. The molecule has 4 unspecified atom stereocenters. The van der Waals surface area contributed by atoms with Gasteiger partial charge in [-0.1, -0.05) is 73.0 Å². The van der Waals surface area contributed by atoms with E-state index in [4.69, 9.17) is 17.3 Å². The zero-order chi connectivity index (χ0) is 24.5. The molecule has 5 rings (SSSR count). The number of likely N-dealkylation sites (tertiary alicyclic amines) is 1. The molecular weight excluding hydrogens is 480 g/mol. The van der Waals surface area contributed by atoms with Gasteiger partial charge in [0.25, 0.3) is 0 Å². The van der Waals surface area contributed by atoms with Gasteiger partial charge in [0.05, 0.1) is 12.0 Å². The Hall–Kier alpha value is -2.96. The molecule has 2 heterocycles. The van der Waals surface area contributed by atoms with Gasteiger partial charge in [-0.15, -0.1) is 11.3 Å². The maximum absolute atomic E-state index is 14.2. The van der Waals surface area contributed by atoms with Crippen molar-refractivity contribution in [2.24, 2.45) is 17.6 Å². The number of Topliss-reactive ketones (excluding diaryl/α,β-unsaturated/α-hetero) is 1. The van der Waals surface area contributed by atoms with Crippen molar-refractivity contribution in [2.75, 3.05) is 0 Å². The smallest absolute Gasteiger partial charge is 0.240 e. The first-order chi connectivity index (χ1) is 17.0. The predicted octanol–water partition coefficient (Wildman–Crippen LogP) is 5.61. The third-order valence-corrected chi connectivity index (χ3v) is 8.55. The highest BCUT2D eigenvalue weighted by molar-refractivity contribution is 7.10. The molecule has 2 aromatic carbocycles. The van der Waals surface area contributed by atoms with E-state index in [2.05, 4.69) is 0 Å². The second-order valence-corrected chi connectivity index (χ2v) is 10.8. The fourth-order valence-electron chi connectivity index (χ4n) is 5.86. The van der Waals surface area contributed by atoms with Crippen molar-refractivity contribution in [1.29, 1.82) is 0 Å². The molecule has 7 heteroatoms. The van der Waals surface area contributed by atoms with E-state index in [1.165, 1.54) is 11.3 Å². The predicted molar refractivity (Wildman–Crippen MR) is 137 cm³/mol. The highest BCUT2D eigenvalue weighted by atomic mass is 35.5. The molecule has 3 aromatic rings. The van der Waals surface area contributed by atoms with Crippen LogP contribution in [0.25, 0.3) is 0 Å². The topological polar surface area (TPSA) is 80.5 Å². The number of amides is 2. The standard InChI is InChI=1S/C28H27ClN2O3S/c29-20-13-6-12-19(16-20)26(32)23-22(21-14-7-15-35-21)25(27(30)33)31(28(34)18-10-4-5-11-18)24(23)17-8-2-1-3-9-17/h1-3,6-9,12-16,18,22-25H,4-5,10-11H2,(H2,30,33). The summed E-state index contributed by atoms with van der Waals surface area (Å²) >= 11 is 7.72. The number of primary amides is 1. The molecule has 1 saturated heterocycles. The highest BCUT2D eigenvalue weighted by Crippen LogP contribution is 2.53. The molecule has 0 bridgehead atoms. The van der Waals surface area contributed by atoms with E-state index in [1.54, 1.807) is 29.2 Å². The van der Waals surface area contributed by atoms with Crippen LogP contribution in [-0.2, 0) is 9.59 Å². The molecule has 35 heavy (non-hydrogen) atoms. The molecule has 1 saturated carbocycles. The normalized spacial score (nSPS) is 24.5. The van der Waals surface area contributed by atoms with E-state index in [0.717, 1.165) is 36.1 Å². The van der Waals surface area contributed by atoms with Crippen LogP contribution in [0.2, 0.25) is 5.02 Å². The molecule has 5 nitrogen and oxygen atoms in total. The Morgan fingerprint density at radius 2 is 1.69 bits per heavy atom. The number of halogens is 1. The molecule has 0 radical (unpaired) electrons. The second kappa shape index (κ2) is 9.96. The Kier molecular flexibility index (Phi) is 6.76. The van der Waals surface area contributed by atoms with Crippen LogP contribution < -0.4 is 5.73 Å². The van der Waals surface area contributed by atoms with Gasteiger partial charge in [0, 0.05) is 27.3 Å². The number of carbonyl (C=O) groups excluding carboxylic acids is 3. The lowest BCUT2D eigenvalue weighted by Gasteiger charge is -2.33. The Morgan fingerprint density at radius 3 is 2.31 bits per heavy atom. The number of thiophene rings is 1. The van der Waals surface area contributed by atoms with Crippen molar-refractivity contribution in [1.82, 2.24) is 4.90 Å². The quantitative estimate of drug-likeness (QED) is 0.441. The summed E-state index contributed by atoms with van der Waals surface area (Å²) in [6.07, 6.45) is 3.55. The molecule has 2 fully saturated rings. The zero-order valence-corrected chi connectivity index (χ0v) is 20.8. The van der Waals surface area contributed by atoms with Crippen molar-refractivity contribution in [2.45, 2.75) is 43.7 Å². The molecule has 180 valence electrons. The summed E-state index contributed by atoms with van der Waals surface area (Å²) < 4.78 is 0. The lowest BCUT2D eigenvalue weighted by atomic mass is 9.78. The minimum atomic E-state index is -0.917. The van der Waals surface area contributed by atoms with Gasteiger partial charge in [0.1, 0.15) is 6.04 Å². The average Bonchev–Trinajstić information content (AvgIpc) is 3.63. The van der Waals surface area contributed by atoms with Crippen LogP contribution in [0.5, 0.6) is 0 Å². The average molecular weight is 507 g/mol. The number of ketones is 1.